The lowest BCUT2D eigenvalue weighted by molar-refractivity contribution is -0.136. The molecule has 0 atom stereocenters. The topological polar surface area (TPSA) is 88.4 Å². The van der Waals surface area contributed by atoms with Gasteiger partial charge in [-0.15, -0.1) is 0 Å². The van der Waals surface area contributed by atoms with Gasteiger partial charge in [-0.2, -0.15) is 0 Å². The fourth-order valence-electron chi connectivity index (χ4n) is 2.97. The van der Waals surface area contributed by atoms with Gasteiger partial charge in [0.15, 0.2) is 0 Å². The fourth-order valence-corrected chi connectivity index (χ4v) is 4.16. The molecule has 0 radical (unpaired) electrons. The van der Waals surface area contributed by atoms with Gasteiger partial charge in [-0.3, -0.25) is 4.79 Å². The molecule has 0 aliphatic rings. The molecule has 0 spiro atoms. The molecule has 3 rings (SSSR count). The number of halogens is 2. The number of aryl methyl sites for hydroxylation is 1. The highest BCUT2D eigenvalue weighted by Crippen LogP contribution is 2.26. The maximum Gasteiger partial charge on any atom is 0.303 e. The van der Waals surface area contributed by atoms with Gasteiger partial charge in [0.05, 0.1) is 4.90 Å². The predicted molar refractivity (Wildman–Crippen MR) is 104 cm³/mol. The van der Waals surface area contributed by atoms with Crippen LogP contribution in [0.3, 0.4) is 0 Å². The van der Waals surface area contributed by atoms with Crippen LogP contribution >= 0.6 is 11.6 Å². The van der Waals surface area contributed by atoms with Crippen molar-refractivity contribution in [1.29, 1.82) is 0 Å². The summed E-state index contributed by atoms with van der Waals surface area (Å²) in [6, 6.07) is 9.90. The Bertz CT molecular complexity index is 1110. The van der Waals surface area contributed by atoms with Gasteiger partial charge in [0.1, 0.15) is 5.82 Å². The van der Waals surface area contributed by atoms with Crippen LogP contribution in [0.5, 0.6) is 0 Å². The molecule has 1 heterocycles. The van der Waals surface area contributed by atoms with Crippen molar-refractivity contribution >= 4 is 38.5 Å². The minimum Gasteiger partial charge on any atom is -0.481 e. The summed E-state index contributed by atoms with van der Waals surface area (Å²) in [7, 11) is -3.75. The normalized spacial score (nSPS) is 11.8. The lowest BCUT2D eigenvalue weighted by atomic mass is 10.1. The molecule has 2 N–H and O–H groups in total. The smallest absolute Gasteiger partial charge is 0.303 e. The van der Waals surface area contributed by atoms with E-state index in [9.17, 15) is 17.6 Å². The summed E-state index contributed by atoms with van der Waals surface area (Å²) < 4.78 is 41.9. The molecule has 0 unspecified atom stereocenters. The Morgan fingerprint density at radius 3 is 2.57 bits per heavy atom. The summed E-state index contributed by atoms with van der Waals surface area (Å²) in [6.45, 7) is 0.454. The molecule has 6 nitrogen and oxygen atoms in total. The first-order valence-electron chi connectivity index (χ1n) is 8.50. The number of benzene rings is 2. The van der Waals surface area contributed by atoms with Crippen molar-refractivity contribution in [1.82, 2.24) is 9.29 Å². The van der Waals surface area contributed by atoms with E-state index in [1.807, 2.05) is 16.8 Å². The van der Waals surface area contributed by atoms with Crippen LogP contribution in [-0.4, -0.2) is 30.6 Å². The second-order valence-electron chi connectivity index (χ2n) is 6.25. The molecule has 1 aromatic heterocycles. The van der Waals surface area contributed by atoms with E-state index >= 15 is 0 Å². The molecule has 0 bridgehead atoms. The number of nitrogens with zero attached hydrogens (tertiary/aromatic N) is 1. The molecule has 148 valence electrons. The number of sulfonamides is 1. The largest absolute Gasteiger partial charge is 0.481 e. The maximum absolute atomic E-state index is 13.0. The Labute approximate surface area is 166 Å². The van der Waals surface area contributed by atoms with Gasteiger partial charge in [-0.1, -0.05) is 11.6 Å². The number of carbonyl (C=O) groups is 1. The lowest BCUT2D eigenvalue weighted by Gasteiger charge is -2.09. The average Bonchev–Trinajstić information content (AvgIpc) is 2.97. The first kappa shape index (κ1) is 20.3. The van der Waals surface area contributed by atoms with E-state index in [0.717, 1.165) is 28.6 Å². The second-order valence-corrected chi connectivity index (χ2v) is 8.46. The molecule has 9 heteroatoms. The van der Waals surface area contributed by atoms with E-state index < -0.39 is 21.8 Å². The Morgan fingerprint density at radius 2 is 1.89 bits per heavy atom. The zero-order valence-electron chi connectivity index (χ0n) is 14.7. The highest BCUT2D eigenvalue weighted by molar-refractivity contribution is 7.89. The van der Waals surface area contributed by atoms with Crippen molar-refractivity contribution in [2.75, 3.05) is 6.54 Å². The van der Waals surface area contributed by atoms with Crippen LogP contribution in [0.2, 0.25) is 5.02 Å². The number of hydrogen-bond acceptors (Lipinski definition) is 3. The molecule has 0 amide bonds. The van der Waals surface area contributed by atoms with E-state index in [2.05, 4.69) is 4.72 Å². The molecule has 3 aromatic rings. The summed E-state index contributed by atoms with van der Waals surface area (Å²) in [4.78, 5) is 10.9. The van der Waals surface area contributed by atoms with Crippen LogP contribution in [0.15, 0.2) is 53.6 Å². The summed E-state index contributed by atoms with van der Waals surface area (Å²) in [5, 5.41) is 10.3. The number of aliphatic carboxylic acids is 1. The lowest BCUT2D eigenvalue weighted by Crippen LogP contribution is -2.27. The first-order chi connectivity index (χ1) is 13.3. The van der Waals surface area contributed by atoms with Gasteiger partial charge in [0.25, 0.3) is 0 Å². The fraction of sp³-hybridized carbons (Fsp3) is 0.211. The highest BCUT2D eigenvalue weighted by Gasteiger charge is 2.15. The van der Waals surface area contributed by atoms with Gasteiger partial charge < -0.3 is 9.67 Å². The number of nitrogens with one attached hydrogen (secondary N) is 1. The van der Waals surface area contributed by atoms with E-state index in [1.165, 1.54) is 12.1 Å². The van der Waals surface area contributed by atoms with Crippen molar-refractivity contribution in [3.8, 4) is 0 Å². The standard InChI is InChI=1S/C19H18ClFN2O4S/c20-14-2-7-18-17(11-14)13(1-8-19(24)25)12-23(18)10-9-22-28(26,27)16-5-3-15(21)4-6-16/h2-7,11-12,22H,1,8-10H2,(H,24,25). The quantitative estimate of drug-likeness (QED) is 0.579. The molecule has 2 aromatic carbocycles. The highest BCUT2D eigenvalue weighted by atomic mass is 35.5. The monoisotopic (exact) mass is 424 g/mol. The van der Waals surface area contributed by atoms with Crippen LogP contribution in [0.25, 0.3) is 10.9 Å². The van der Waals surface area contributed by atoms with E-state index in [1.54, 1.807) is 12.1 Å². The SMILES string of the molecule is O=C(O)CCc1cn(CCNS(=O)(=O)c2ccc(F)cc2)c2ccc(Cl)cc12. The number of fused-ring (bicyclic) bond motifs is 1. The summed E-state index contributed by atoms with van der Waals surface area (Å²) >= 11 is 6.06. The number of hydrogen-bond donors (Lipinski definition) is 2. The predicted octanol–water partition coefficient (Wildman–Crippen LogP) is 3.43. The van der Waals surface area contributed by atoms with Gasteiger partial charge in [0.2, 0.25) is 10.0 Å². The number of aromatic nitrogens is 1. The molecule has 0 aliphatic heterocycles. The molecular formula is C19H18ClFN2O4S. The molecule has 0 saturated heterocycles. The van der Waals surface area contributed by atoms with Crippen molar-refractivity contribution in [2.24, 2.45) is 0 Å². The molecular weight excluding hydrogens is 407 g/mol. The molecule has 0 fully saturated rings. The van der Waals surface area contributed by atoms with Gasteiger partial charge in [-0.25, -0.2) is 17.5 Å². The number of carboxylic acid groups (broad SMARTS) is 1. The Morgan fingerprint density at radius 1 is 1.18 bits per heavy atom. The van der Waals surface area contributed by atoms with Crippen LogP contribution in [-0.2, 0) is 27.8 Å². The average molecular weight is 425 g/mol. The minimum absolute atomic E-state index is 0.0111. The van der Waals surface area contributed by atoms with Crippen LogP contribution < -0.4 is 4.72 Å². The van der Waals surface area contributed by atoms with Crippen LogP contribution in [0.1, 0.15) is 12.0 Å². The van der Waals surface area contributed by atoms with Crippen molar-refractivity contribution in [3.63, 3.8) is 0 Å². The molecule has 0 saturated carbocycles. The zero-order valence-corrected chi connectivity index (χ0v) is 16.3. The second kappa shape index (κ2) is 8.30. The van der Waals surface area contributed by atoms with Crippen molar-refractivity contribution < 1.29 is 22.7 Å². The maximum atomic E-state index is 13.0. The number of rotatable bonds is 8. The van der Waals surface area contributed by atoms with Crippen molar-refractivity contribution in [3.05, 3.63) is 65.1 Å². The third-order valence-corrected chi connectivity index (χ3v) is 6.01. The Hall–Kier alpha value is -2.42. The Kier molecular flexibility index (Phi) is 6.02. The van der Waals surface area contributed by atoms with Crippen LogP contribution in [0.4, 0.5) is 4.39 Å². The zero-order chi connectivity index (χ0) is 20.3. The van der Waals surface area contributed by atoms with E-state index in [0.29, 0.717) is 18.0 Å². The number of carboxylic acids is 1. The van der Waals surface area contributed by atoms with Gasteiger partial charge in [-0.05, 0) is 54.4 Å². The Balaban J connectivity index is 1.77. The van der Waals surface area contributed by atoms with Crippen LogP contribution in [0, 0.1) is 5.82 Å². The summed E-state index contributed by atoms with van der Waals surface area (Å²) in [5.74, 6) is -1.40. The molecule has 0 aliphatic carbocycles. The third kappa shape index (κ3) is 4.70. The summed E-state index contributed by atoms with van der Waals surface area (Å²) in [5.41, 5.74) is 1.67. The third-order valence-electron chi connectivity index (χ3n) is 4.30. The van der Waals surface area contributed by atoms with Gasteiger partial charge >= 0.3 is 5.97 Å². The first-order valence-corrected chi connectivity index (χ1v) is 10.4. The van der Waals surface area contributed by atoms with E-state index in [-0.39, 0.29) is 17.9 Å². The minimum atomic E-state index is -3.75. The van der Waals surface area contributed by atoms with Gasteiger partial charge in [0, 0.05) is 41.6 Å². The van der Waals surface area contributed by atoms with E-state index in [4.69, 9.17) is 16.7 Å². The molecule has 28 heavy (non-hydrogen) atoms. The summed E-state index contributed by atoms with van der Waals surface area (Å²) in [6.07, 6.45) is 2.15. The van der Waals surface area contributed by atoms with Crippen molar-refractivity contribution in [2.45, 2.75) is 24.3 Å².